The molecule has 150 valence electrons. The van der Waals surface area contributed by atoms with Crippen LogP contribution in [0.2, 0.25) is 0 Å². The van der Waals surface area contributed by atoms with E-state index in [4.69, 9.17) is 4.74 Å². The number of carbonyl (C=O) groups is 1. The quantitative estimate of drug-likeness (QED) is 0.686. The van der Waals surface area contributed by atoms with Crippen LogP contribution in [0.3, 0.4) is 0 Å². The van der Waals surface area contributed by atoms with E-state index < -0.39 is 0 Å². The largest absolute Gasteiger partial charge is 0.490 e. The molecule has 0 unspecified atom stereocenters. The normalized spacial score (nSPS) is 14.8. The van der Waals surface area contributed by atoms with Crippen molar-refractivity contribution < 1.29 is 9.53 Å². The highest BCUT2D eigenvalue weighted by Crippen LogP contribution is 2.34. The number of likely N-dealkylation sites (tertiary alicyclic amines) is 1. The molecular weight excluding hydrogens is 362 g/mol. The molecule has 0 radical (unpaired) electrons. The number of hydrogen-bond acceptors (Lipinski definition) is 4. The van der Waals surface area contributed by atoms with Gasteiger partial charge in [-0.15, -0.1) is 0 Å². The van der Waals surface area contributed by atoms with Crippen molar-refractivity contribution in [1.82, 2.24) is 9.88 Å². The third-order valence-corrected chi connectivity index (χ3v) is 5.59. The Bertz CT molecular complexity index is 993. The van der Waals surface area contributed by atoms with Crippen molar-refractivity contribution in [2.45, 2.75) is 32.3 Å². The Balaban J connectivity index is 1.48. The average molecular weight is 389 g/mol. The number of carbonyl (C=O) groups excluding carboxylic acids is 1. The summed E-state index contributed by atoms with van der Waals surface area (Å²) in [7, 11) is 1.93. The first-order valence-corrected chi connectivity index (χ1v) is 10.3. The number of pyridine rings is 1. The highest BCUT2D eigenvalue weighted by atomic mass is 16.5. The Labute approximate surface area is 171 Å². The number of hydrogen-bond donors (Lipinski definition) is 1. The van der Waals surface area contributed by atoms with Gasteiger partial charge in [0.05, 0.1) is 11.2 Å². The lowest BCUT2D eigenvalue weighted by atomic mass is 10.0. The molecule has 29 heavy (non-hydrogen) atoms. The van der Waals surface area contributed by atoms with E-state index in [-0.39, 0.29) is 12.0 Å². The standard InChI is InChI=1S/C24H27N3O2/c1-3-22(28)27-15-12-20(13-16-27)29-19-9-6-17(7-10-19)21-11-8-18-5-4-14-26-23(18)24(21)25-2/h4-11,14,20,25H,3,12-13,15-16H2,1-2H3. The zero-order chi connectivity index (χ0) is 20.2. The maximum Gasteiger partial charge on any atom is 0.222 e. The predicted molar refractivity (Wildman–Crippen MR) is 117 cm³/mol. The maximum absolute atomic E-state index is 11.8. The zero-order valence-corrected chi connectivity index (χ0v) is 17.0. The second kappa shape index (κ2) is 8.52. The highest BCUT2D eigenvalue weighted by Gasteiger charge is 2.23. The number of amides is 1. The summed E-state index contributed by atoms with van der Waals surface area (Å²) in [4.78, 5) is 18.3. The van der Waals surface area contributed by atoms with Gasteiger partial charge < -0.3 is 15.0 Å². The molecule has 0 spiro atoms. The molecule has 3 aromatic rings. The number of aromatic nitrogens is 1. The van der Waals surface area contributed by atoms with Crippen molar-refractivity contribution in [3.8, 4) is 16.9 Å². The Morgan fingerprint density at radius 1 is 1.14 bits per heavy atom. The molecule has 0 saturated carbocycles. The number of nitrogens with zero attached hydrogens (tertiary/aromatic N) is 2. The molecule has 1 saturated heterocycles. The minimum Gasteiger partial charge on any atom is -0.490 e. The molecule has 1 fully saturated rings. The van der Waals surface area contributed by atoms with Crippen LogP contribution in [0.1, 0.15) is 26.2 Å². The third-order valence-electron chi connectivity index (χ3n) is 5.59. The summed E-state index contributed by atoms with van der Waals surface area (Å²) in [5, 5.41) is 4.43. The first kappa shape index (κ1) is 19.2. The molecule has 1 amide bonds. The van der Waals surface area contributed by atoms with Crippen LogP contribution in [0.15, 0.2) is 54.7 Å². The first-order valence-electron chi connectivity index (χ1n) is 10.3. The minimum atomic E-state index is 0.166. The van der Waals surface area contributed by atoms with Crippen LogP contribution in [0.25, 0.3) is 22.0 Å². The zero-order valence-electron chi connectivity index (χ0n) is 17.0. The fourth-order valence-corrected chi connectivity index (χ4v) is 3.99. The summed E-state index contributed by atoms with van der Waals surface area (Å²) >= 11 is 0. The molecule has 0 bridgehead atoms. The van der Waals surface area contributed by atoms with Gasteiger partial charge >= 0.3 is 0 Å². The predicted octanol–water partition coefficient (Wildman–Crippen LogP) is 4.72. The van der Waals surface area contributed by atoms with E-state index in [0.717, 1.165) is 59.4 Å². The van der Waals surface area contributed by atoms with Gasteiger partial charge in [0.1, 0.15) is 11.9 Å². The summed E-state index contributed by atoms with van der Waals surface area (Å²) in [5.74, 6) is 1.11. The lowest BCUT2D eigenvalue weighted by Crippen LogP contribution is -2.41. The summed E-state index contributed by atoms with van der Waals surface area (Å²) in [6.07, 6.45) is 4.33. The van der Waals surface area contributed by atoms with Gasteiger partial charge in [-0.25, -0.2) is 0 Å². The summed E-state index contributed by atoms with van der Waals surface area (Å²) in [6.45, 7) is 3.48. The Morgan fingerprint density at radius 3 is 2.59 bits per heavy atom. The fourth-order valence-electron chi connectivity index (χ4n) is 3.99. The first-order chi connectivity index (χ1) is 14.2. The van der Waals surface area contributed by atoms with Crippen molar-refractivity contribution in [3.63, 3.8) is 0 Å². The van der Waals surface area contributed by atoms with Crippen molar-refractivity contribution in [2.75, 3.05) is 25.5 Å². The maximum atomic E-state index is 11.8. The number of piperidine rings is 1. The number of anilines is 1. The number of ether oxygens (including phenoxy) is 1. The van der Waals surface area contributed by atoms with E-state index in [1.165, 1.54) is 0 Å². The monoisotopic (exact) mass is 389 g/mol. The lowest BCUT2D eigenvalue weighted by molar-refractivity contribution is -0.132. The fraction of sp³-hybridized carbons (Fsp3) is 0.333. The molecule has 5 heteroatoms. The molecule has 2 heterocycles. The Kier molecular flexibility index (Phi) is 5.65. The van der Waals surface area contributed by atoms with Crippen LogP contribution >= 0.6 is 0 Å². The number of fused-ring (bicyclic) bond motifs is 1. The average Bonchev–Trinajstić information content (AvgIpc) is 2.79. The Morgan fingerprint density at radius 2 is 1.90 bits per heavy atom. The highest BCUT2D eigenvalue weighted by molar-refractivity contribution is 5.99. The summed E-state index contributed by atoms with van der Waals surface area (Å²) < 4.78 is 6.17. The van der Waals surface area contributed by atoms with Crippen molar-refractivity contribution in [1.29, 1.82) is 0 Å². The van der Waals surface area contributed by atoms with E-state index >= 15 is 0 Å². The summed E-state index contributed by atoms with van der Waals surface area (Å²) in [5.41, 5.74) is 4.25. The second-order valence-electron chi connectivity index (χ2n) is 7.39. The van der Waals surface area contributed by atoms with Crippen LogP contribution in [0.5, 0.6) is 5.75 Å². The molecule has 0 atom stereocenters. The van der Waals surface area contributed by atoms with E-state index in [0.29, 0.717) is 6.42 Å². The van der Waals surface area contributed by atoms with Gasteiger partial charge in [0.15, 0.2) is 0 Å². The van der Waals surface area contributed by atoms with E-state index in [9.17, 15) is 4.79 Å². The third kappa shape index (κ3) is 4.04. The molecule has 1 N–H and O–H groups in total. The summed E-state index contributed by atoms with van der Waals surface area (Å²) in [6, 6.07) is 16.5. The SMILES string of the molecule is CCC(=O)N1CCC(Oc2ccc(-c3ccc4cccnc4c3NC)cc2)CC1. The van der Waals surface area contributed by atoms with Gasteiger partial charge in [-0.3, -0.25) is 9.78 Å². The van der Waals surface area contributed by atoms with Crippen LogP contribution < -0.4 is 10.1 Å². The molecule has 5 nitrogen and oxygen atoms in total. The number of benzene rings is 2. The van der Waals surface area contributed by atoms with Crippen molar-refractivity contribution >= 4 is 22.5 Å². The van der Waals surface area contributed by atoms with E-state index in [1.54, 1.807) is 0 Å². The minimum absolute atomic E-state index is 0.166. The molecule has 2 aromatic carbocycles. The molecule has 4 rings (SSSR count). The van der Waals surface area contributed by atoms with Crippen LogP contribution in [-0.2, 0) is 4.79 Å². The molecule has 1 aliphatic heterocycles. The lowest BCUT2D eigenvalue weighted by Gasteiger charge is -2.32. The van der Waals surface area contributed by atoms with Crippen LogP contribution in [0, 0.1) is 0 Å². The van der Waals surface area contributed by atoms with E-state index in [2.05, 4.69) is 40.6 Å². The van der Waals surface area contributed by atoms with Gasteiger partial charge in [-0.1, -0.05) is 37.3 Å². The van der Waals surface area contributed by atoms with Crippen molar-refractivity contribution in [3.05, 3.63) is 54.7 Å². The molecule has 1 aromatic heterocycles. The number of rotatable bonds is 5. The smallest absolute Gasteiger partial charge is 0.222 e. The van der Waals surface area contributed by atoms with Crippen LogP contribution in [0.4, 0.5) is 5.69 Å². The topological polar surface area (TPSA) is 54.5 Å². The van der Waals surface area contributed by atoms with Crippen LogP contribution in [-0.4, -0.2) is 42.0 Å². The molecule has 1 aliphatic rings. The van der Waals surface area contributed by atoms with Gasteiger partial charge in [-0.05, 0) is 23.8 Å². The van der Waals surface area contributed by atoms with Crippen molar-refractivity contribution in [2.24, 2.45) is 0 Å². The van der Waals surface area contributed by atoms with Gasteiger partial charge in [-0.2, -0.15) is 0 Å². The van der Waals surface area contributed by atoms with Gasteiger partial charge in [0, 0.05) is 56.5 Å². The van der Waals surface area contributed by atoms with Gasteiger partial charge in [0.2, 0.25) is 5.91 Å². The number of nitrogens with one attached hydrogen (secondary N) is 1. The Hall–Kier alpha value is -3.08. The molecule has 0 aliphatic carbocycles. The second-order valence-corrected chi connectivity index (χ2v) is 7.39. The van der Waals surface area contributed by atoms with E-state index in [1.807, 2.05) is 43.3 Å². The molecular formula is C24H27N3O2. The van der Waals surface area contributed by atoms with Gasteiger partial charge in [0.25, 0.3) is 0 Å².